The van der Waals surface area contributed by atoms with Crippen LogP contribution in [0.2, 0.25) is 0 Å². The number of carbonyl (C=O) groups excluding carboxylic acids is 5. The molecule has 38 heavy (non-hydrogen) atoms. The first kappa shape index (κ1) is 29.0. The van der Waals surface area contributed by atoms with Crippen LogP contribution in [-0.4, -0.2) is 70.3 Å². The van der Waals surface area contributed by atoms with Gasteiger partial charge < -0.3 is 31.0 Å². The van der Waals surface area contributed by atoms with Crippen molar-refractivity contribution in [2.45, 2.75) is 45.5 Å². The molecule has 1 saturated heterocycles. The normalized spacial score (nSPS) is 19.3. The van der Waals surface area contributed by atoms with Crippen LogP contribution in [0.1, 0.15) is 39.8 Å². The van der Waals surface area contributed by atoms with Crippen molar-refractivity contribution >= 4 is 63.6 Å². The van der Waals surface area contributed by atoms with E-state index in [1.807, 2.05) is 6.92 Å². The summed E-state index contributed by atoms with van der Waals surface area (Å²) in [6.07, 6.45) is 1.17. The van der Waals surface area contributed by atoms with Gasteiger partial charge in [-0.3, -0.25) is 19.3 Å². The lowest BCUT2D eigenvalue weighted by Crippen LogP contribution is -2.70. The molecule has 2 unspecified atom stereocenters. The predicted octanol–water partition coefficient (Wildman–Crippen LogP) is 1.36. The number of esters is 2. The van der Waals surface area contributed by atoms with E-state index in [2.05, 4.69) is 10.3 Å². The predicted molar refractivity (Wildman–Crippen MR) is 139 cm³/mol. The molecule has 13 nitrogen and oxygen atoms in total. The molecule has 2 atom stereocenters. The second kappa shape index (κ2) is 11.9. The first-order valence-corrected chi connectivity index (χ1v) is 13.4. The smallest absolute Gasteiger partial charge is 0.404 e. The second-order valence-electron chi connectivity index (χ2n) is 9.25. The largest absolute Gasteiger partial charge is 0.445 e. The molecule has 1 aromatic rings. The summed E-state index contributed by atoms with van der Waals surface area (Å²) in [5.74, 6) is -2.45. The topological polar surface area (TPSA) is 193 Å². The first-order chi connectivity index (χ1) is 17.8. The SMILES string of the molecule is CC/C=C(\C(=O)NC1C(=O)N2C(C(=O)OCOC(=O)C(C)(C)C)=C(COC(N)=O)CSC12)c1csc(N)n1. The van der Waals surface area contributed by atoms with Crippen molar-refractivity contribution in [1.82, 2.24) is 15.2 Å². The van der Waals surface area contributed by atoms with Crippen LogP contribution in [0.25, 0.3) is 5.57 Å². The summed E-state index contributed by atoms with van der Waals surface area (Å²) in [5.41, 5.74) is 10.7. The van der Waals surface area contributed by atoms with Crippen LogP contribution in [-0.2, 0) is 33.4 Å². The van der Waals surface area contributed by atoms with Crippen LogP contribution in [0, 0.1) is 5.41 Å². The summed E-state index contributed by atoms with van der Waals surface area (Å²) in [6, 6.07) is -0.941. The number of nitrogens with zero attached hydrogens (tertiary/aromatic N) is 2. The molecular formula is C23H29N5O8S2. The molecule has 0 saturated carbocycles. The Morgan fingerprint density at radius 1 is 1.24 bits per heavy atom. The van der Waals surface area contributed by atoms with Gasteiger partial charge in [0.1, 0.15) is 23.7 Å². The molecule has 0 bridgehead atoms. The number of β-lactam (4-membered cyclic amide) rings is 1. The van der Waals surface area contributed by atoms with Gasteiger partial charge in [-0.25, -0.2) is 14.6 Å². The van der Waals surface area contributed by atoms with E-state index in [9.17, 15) is 24.0 Å². The molecule has 1 aromatic heterocycles. The quantitative estimate of drug-likeness (QED) is 0.169. The van der Waals surface area contributed by atoms with Crippen molar-refractivity contribution in [1.29, 1.82) is 0 Å². The van der Waals surface area contributed by atoms with E-state index < -0.39 is 53.5 Å². The van der Waals surface area contributed by atoms with Crippen LogP contribution < -0.4 is 16.8 Å². The highest BCUT2D eigenvalue weighted by Gasteiger charge is 2.54. The zero-order valence-corrected chi connectivity index (χ0v) is 22.9. The fourth-order valence-corrected chi connectivity index (χ4v) is 5.40. The Bertz CT molecular complexity index is 1200. The highest BCUT2D eigenvalue weighted by atomic mass is 32.2. The van der Waals surface area contributed by atoms with Gasteiger partial charge in [0.25, 0.3) is 11.8 Å². The van der Waals surface area contributed by atoms with Crippen molar-refractivity contribution in [3.8, 4) is 0 Å². The monoisotopic (exact) mass is 567 g/mol. The van der Waals surface area contributed by atoms with Gasteiger partial charge in [-0.1, -0.05) is 13.0 Å². The average Bonchev–Trinajstić information content (AvgIpc) is 3.28. The minimum atomic E-state index is -1.06. The van der Waals surface area contributed by atoms with Crippen molar-refractivity contribution in [2.24, 2.45) is 11.1 Å². The van der Waals surface area contributed by atoms with Crippen molar-refractivity contribution < 1.29 is 38.2 Å². The summed E-state index contributed by atoms with van der Waals surface area (Å²) >= 11 is 2.45. The number of primary amides is 1. The van der Waals surface area contributed by atoms with Crippen LogP contribution in [0.4, 0.5) is 9.93 Å². The zero-order chi connectivity index (χ0) is 28.2. The average molecular weight is 568 g/mol. The van der Waals surface area contributed by atoms with Gasteiger partial charge in [-0.2, -0.15) is 0 Å². The Hall–Kier alpha value is -3.59. The second-order valence-corrected chi connectivity index (χ2v) is 11.2. The van der Waals surface area contributed by atoms with Gasteiger partial charge >= 0.3 is 18.0 Å². The number of amides is 3. The van der Waals surface area contributed by atoms with E-state index in [0.717, 1.165) is 4.90 Å². The number of aromatic nitrogens is 1. The number of allylic oxidation sites excluding steroid dienone is 1. The van der Waals surface area contributed by atoms with Crippen LogP contribution in [0.15, 0.2) is 22.7 Å². The fraction of sp³-hybridized carbons (Fsp3) is 0.478. The Morgan fingerprint density at radius 3 is 2.53 bits per heavy atom. The van der Waals surface area contributed by atoms with E-state index in [0.29, 0.717) is 17.2 Å². The summed E-state index contributed by atoms with van der Waals surface area (Å²) in [6.45, 7) is 5.74. The molecule has 1 fully saturated rings. The molecule has 0 radical (unpaired) electrons. The number of nitrogen functional groups attached to an aromatic ring is 1. The minimum absolute atomic E-state index is 0.158. The number of carbonyl (C=O) groups is 5. The maximum Gasteiger partial charge on any atom is 0.404 e. The van der Waals surface area contributed by atoms with Crippen LogP contribution in [0.5, 0.6) is 0 Å². The molecular weight excluding hydrogens is 538 g/mol. The Balaban J connectivity index is 1.77. The number of thiazole rings is 1. The lowest BCUT2D eigenvalue weighted by atomic mass is 9.98. The number of ether oxygens (including phenoxy) is 3. The molecule has 206 valence electrons. The first-order valence-electron chi connectivity index (χ1n) is 11.5. The third-order valence-electron chi connectivity index (χ3n) is 5.36. The maximum absolute atomic E-state index is 13.1. The third kappa shape index (κ3) is 6.45. The van der Waals surface area contributed by atoms with E-state index >= 15 is 0 Å². The number of hydrogen-bond acceptors (Lipinski definition) is 12. The summed E-state index contributed by atoms with van der Waals surface area (Å²) in [4.78, 5) is 67.6. The van der Waals surface area contributed by atoms with Crippen LogP contribution >= 0.6 is 23.1 Å². The van der Waals surface area contributed by atoms with Crippen molar-refractivity contribution in [2.75, 3.05) is 24.9 Å². The van der Waals surface area contributed by atoms with E-state index in [4.69, 9.17) is 25.7 Å². The molecule has 0 spiro atoms. The molecule has 5 N–H and O–H groups in total. The van der Waals surface area contributed by atoms with Gasteiger partial charge in [0.05, 0.1) is 16.7 Å². The summed E-state index contributed by atoms with van der Waals surface area (Å²) < 4.78 is 14.9. The van der Waals surface area contributed by atoms with Gasteiger partial charge in [-0.15, -0.1) is 23.1 Å². The molecule has 2 aliphatic heterocycles. The molecule has 0 aromatic carbocycles. The third-order valence-corrected chi connectivity index (χ3v) is 7.37. The molecule has 3 amide bonds. The number of nitrogens with one attached hydrogen (secondary N) is 1. The number of hydrogen-bond donors (Lipinski definition) is 3. The Morgan fingerprint density at radius 2 is 1.95 bits per heavy atom. The van der Waals surface area contributed by atoms with Crippen molar-refractivity contribution in [3.63, 3.8) is 0 Å². The summed E-state index contributed by atoms with van der Waals surface area (Å²) in [7, 11) is 0. The molecule has 2 aliphatic rings. The molecule has 15 heteroatoms. The van der Waals surface area contributed by atoms with Gasteiger partial charge in [-0.05, 0) is 27.2 Å². The Kier molecular flexibility index (Phi) is 9.04. The van der Waals surface area contributed by atoms with Gasteiger partial charge in [0.15, 0.2) is 5.13 Å². The number of anilines is 1. The van der Waals surface area contributed by atoms with E-state index in [1.54, 1.807) is 32.2 Å². The van der Waals surface area contributed by atoms with Gasteiger partial charge in [0.2, 0.25) is 6.79 Å². The Labute approximate surface area is 226 Å². The zero-order valence-electron chi connectivity index (χ0n) is 21.3. The number of fused-ring (bicyclic) bond motifs is 1. The standard InChI is InChI=1S/C23H29N5O8S2/c1-5-6-12(13-9-38-21(24)26-13)16(29)27-14-17(30)28-15(11(7-34-22(25)33)8-37-18(14)28)19(31)35-10-36-20(32)23(2,3)4/h6,9,14,18H,5,7-8,10H2,1-4H3,(H2,24,26)(H2,25,33)(H,27,29)/b12-6-. The summed E-state index contributed by atoms with van der Waals surface area (Å²) in [5, 5.41) is 4.03. The highest BCUT2D eigenvalue weighted by molar-refractivity contribution is 8.00. The number of rotatable bonds is 9. The fourth-order valence-electron chi connectivity index (χ4n) is 3.51. The highest BCUT2D eigenvalue weighted by Crippen LogP contribution is 2.41. The maximum atomic E-state index is 13.1. The number of thioether (sulfide) groups is 1. The lowest BCUT2D eigenvalue weighted by Gasteiger charge is -2.49. The van der Waals surface area contributed by atoms with E-state index in [1.165, 1.54) is 23.1 Å². The molecule has 3 heterocycles. The van der Waals surface area contributed by atoms with Crippen molar-refractivity contribution in [3.05, 3.63) is 28.4 Å². The number of nitrogens with two attached hydrogens (primary N) is 2. The van der Waals surface area contributed by atoms with Crippen LogP contribution in [0.3, 0.4) is 0 Å². The lowest BCUT2D eigenvalue weighted by molar-refractivity contribution is -0.173. The minimum Gasteiger partial charge on any atom is -0.445 e. The molecule has 3 rings (SSSR count). The van der Waals surface area contributed by atoms with Gasteiger partial charge in [0, 0.05) is 16.7 Å². The van der Waals surface area contributed by atoms with E-state index in [-0.39, 0.29) is 29.2 Å². The molecule has 0 aliphatic carbocycles.